The molecule has 1 aliphatic heterocycles. The Morgan fingerprint density at radius 3 is 2.61 bits per heavy atom. The molecule has 0 aliphatic carbocycles. The van der Waals surface area contributed by atoms with Gasteiger partial charge < -0.3 is 15.5 Å². The molecule has 2 N–H and O–H groups in total. The third-order valence-corrected chi connectivity index (χ3v) is 5.79. The summed E-state index contributed by atoms with van der Waals surface area (Å²) in [7, 11) is 0. The van der Waals surface area contributed by atoms with Crippen LogP contribution in [0.4, 0.5) is 5.13 Å². The number of rotatable bonds is 8. The first kappa shape index (κ1) is 22.9. The monoisotopic (exact) mass is 513 g/mol. The van der Waals surface area contributed by atoms with Gasteiger partial charge in [-0.2, -0.15) is 0 Å². The predicted molar refractivity (Wildman–Crippen MR) is 131 cm³/mol. The van der Waals surface area contributed by atoms with Crippen molar-refractivity contribution in [3.8, 4) is 0 Å². The van der Waals surface area contributed by atoms with Crippen LogP contribution < -0.4 is 15.5 Å². The number of benzene rings is 1. The molecule has 1 fully saturated rings. The largest absolute Gasteiger partial charge is 0.357 e. The predicted octanol–water partition coefficient (Wildman–Crippen LogP) is 4.22. The van der Waals surface area contributed by atoms with E-state index in [0.29, 0.717) is 6.54 Å². The fourth-order valence-electron chi connectivity index (χ4n) is 3.34. The second-order valence-electron chi connectivity index (χ2n) is 6.81. The highest BCUT2D eigenvalue weighted by molar-refractivity contribution is 14.0. The lowest BCUT2D eigenvalue weighted by molar-refractivity contribution is 0.788. The normalized spacial score (nSPS) is 14.1. The van der Waals surface area contributed by atoms with E-state index in [2.05, 4.69) is 59.0 Å². The third-order valence-electron chi connectivity index (χ3n) is 4.84. The van der Waals surface area contributed by atoms with Crippen molar-refractivity contribution in [1.82, 2.24) is 15.6 Å². The first-order chi connectivity index (χ1) is 13.3. The van der Waals surface area contributed by atoms with Crippen LogP contribution in [0.2, 0.25) is 0 Å². The van der Waals surface area contributed by atoms with Crippen LogP contribution in [-0.2, 0) is 19.4 Å². The molecule has 5 nitrogen and oxygen atoms in total. The smallest absolute Gasteiger partial charge is 0.191 e. The van der Waals surface area contributed by atoms with Gasteiger partial charge in [-0.05, 0) is 37.3 Å². The lowest BCUT2D eigenvalue weighted by atomic mass is 10.1. The second kappa shape index (κ2) is 12.3. The van der Waals surface area contributed by atoms with Crippen LogP contribution in [0.25, 0.3) is 0 Å². The molecule has 1 aromatic carbocycles. The van der Waals surface area contributed by atoms with Crippen molar-refractivity contribution in [1.29, 1.82) is 0 Å². The fraction of sp³-hybridized carbons (Fsp3) is 0.524. The number of thiazole rings is 1. The Balaban J connectivity index is 0.00000280. The van der Waals surface area contributed by atoms with Gasteiger partial charge >= 0.3 is 0 Å². The first-order valence-electron chi connectivity index (χ1n) is 10.1. The Labute approximate surface area is 190 Å². The number of aliphatic imine (C=N–C) groups is 1. The number of halogens is 1. The average Bonchev–Trinajstić information content (AvgIpc) is 3.38. The van der Waals surface area contributed by atoms with Gasteiger partial charge in [-0.1, -0.05) is 31.2 Å². The number of hydrogen-bond acceptors (Lipinski definition) is 4. The molecule has 1 aromatic heterocycles. The summed E-state index contributed by atoms with van der Waals surface area (Å²) in [6, 6.07) is 8.54. The van der Waals surface area contributed by atoms with Gasteiger partial charge in [0, 0.05) is 38.0 Å². The lowest BCUT2D eigenvalue weighted by Gasteiger charge is -2.13. The van der Waals surface area contributed by atoms with Crippen molar-refractivity contribution in [2.45, 2.75) is 46.1 Å². The Hall–Kier alpha value is -1.35. The van der Waals surface area contributed by atoms with Crippen LogP contribution >= 0.6 is 35.3 Å². The molecule has 1 saturated heterocycles. The minimum Gasteiger partial charge on any atom is -0.357 e. The van der Waals surface area contributed by atoms with Gasteiger partial charge in [-0.3, -0.25) is 0 Å². The summed E-state index contributed by atoms with van der Waals surface area (Å²) in [5.41, 5.74) is 3.84. The maximum absolute atomic E-state index is 4.80. The number of aryl methyl sites for hydroxylation is 1. The van der Waals surface area contributed by atoms with E-state index >= 15 is 0 Å². The molecular formula is C21H32IN5S. The summed E-state index contributed by atoms with van der Waals surface area (Å²) in [6.45, 7) is 9.00. The van der Waals surface area contributed by atoms with Crippen LogP contribution in [0, 0.1) is 0 Å². The molecule has 0 amide bonds. The van der Waals surface area contributed by atoms with Crippen molar-refractivity contribution >= 4 is 46.4 Å². The van der Waals surface area contributed by atoms with E-state index in [-0.39, 0.29) is 24.0 Å². The van der Waals surface area contributed by atoms with Crippen molar-refractivity contribution in [3.05, 3.63) is 46.5 Å². The summed E-state index contributed by atoms with van der Waals surface area (Å²) in [4.78, 5) is 12.0. The van der Waals surface area contributed by atoms with Gasteiger partial charge in [-0.25, -0.2) is 9.98 Å². The fourth-order valence-corrected chi connectivity index (χ4v) is 4.25. The third kappa shape index (κ3) is 6.62. The highest BCUT2D eigenvalue weighted by Crippen LogP contribution is 2.24. The van der Waals surface area contributed by atoms with Crippen LogP contribution in [-0.4, -0.2) is 37.1 Å². The van der Waals surface area contributed by atoms with Crippen molar-refractivity contribution in [2.75, 3.05) is 31.1 Å². The highest BCUT2D eigenvalue weighted by Gasteiger charge is 2.15. The molecule has 3 rings (SSSR count). The van der Waals surface area contributed by atoms with Crippen molar-refractivity contribution in [3.63, 3.8) is 0 Å². The number of hydrogen-bond donors (Lipinski definition) is 2. The Morgan fingerprint density at radius 2 is 1.89 bits per heavy atom. The number of guanidine groups is 1. The Kier molecular flexibility index (Phi) is 10.0. The molecule has 0 bridgehead atoms. The number of nitrogens with zero attached hydrogens (tertiary/aromatic N) is 3. The molecule has 0 atom stereocenters. The van der Waals surface area contributed by atoms with Gasteiger partial charge in [0.1, 0.15) is 0 Å². The summed E-state index contributed by atoms with van der Waals surface area (Å²) in [5.74, 6) is 0.874. The lowest BCUT2D eigenvalue weighted by Crippen LogP contribution is -2.38. The standard InChI is InChI=1S/C21H31N5S.HI/c1-3-17-9-5-6-10-18(17)15-24-20(22-4-2)23-12-11-19-16-27-21(25-19)26-13-7-8-14-26;/h5-6,9-10,16H,3-4,7-8,11-15H2,1-2H3,(H2,22,23,24);1H. The van der Waals surface area contributed by atoms with Crippen LogP contribution in [0.1, 0.15) is 43.5 Å². The van der Waals surface area contributed by atoms with Gasteiger partial charge in [0.05, 0.1) is 12.2 Å². The number of anilines is 1. The molecule has 28 heavy (non-hydrogen) atoms. The number of aromatic nitrogens is 1. The van der Waals surface area contributed by atoms with E-state index in [1.807, 2.05) is 0 Å². The Bertz CT molecular complexity index is 740. The summed E-state index contributed by atoms with van der Waals surface area (Å²) < 4.78 is 0. The van der Waals surface area contributed by atoms with E-state index in [9.17, 15) is 0 Å². The van der Waals surface area contributed by atoms with E-state index in [1.54, 1.807) is 11.3 Å². The summed E-state index contributed by atoms with van der Waals surface area (Å²) in [6.07, 6.45) is 4.54. The summed E-state index contributed by atoms with van der Waals surface area (Å²) >= 11 is 1.77. The van der Waals surface area contributed by atoms with Gasteiger partial charge in [0.2, 0.25) is 0 Å². The van der Waals surface area contributed by atoms with Crippen LogP contribution in [0.3, 0.4) is 0 Å². The molecule has 2 heterocycles. The zero-order chi connectivity index (χ0) is 18.9. The van der Waals surface area contributed by atoms with Crippen LogP contribution in [0.5, 0.6) is 0 Å². The molecule has 1 aliphatic rings. The molecule has 7 heteroatoms. The van der Waals surface area contributed by atoms with Crippen LogP contribution in [0.15, 0.2) is 34.6 Å². The van der Waals surface area contributed by atoms with E-state index in [1.165, 1.54) is 34.8 Å². The quantitative estimate of drug-likeness (QED) is 0.315. The number of nitrogens with one attached hydrogen (secondary N) is 2. The molecule has 0 saturated carbocycles. The van der Waals surface area contributed by atoms with Gasteiger partial charge in [0.15, 0.2) is 11.1 Å². The van der Waals surface area contributed by atoms with Crippen molar-refractivity contribution in [2.24, 2.45) is 4.99 Å². The van der Waals surface area contributed by atoms with Gasteiger partial charge in [-0.15, -0.1) is 35.3 Å². The Morgan fingerprint density at radius 1 is 1.14 bits per heavy atom. The highest BCUT2D eigenvalue weighted by atomic mass is 127. The SMILES string of the molecule is CCNC(=NCc1ccccc1CC)NCCc1csc(N2CCCC2)n1.I. The molecular weight excluding hydrogens is 481 g/mol. The first-order valence-corrected chi connectivity index (χ1v) is 11.0. The molecule has 0 radical (unpaired) electrons. The second-order valence-corrected chi connectivity index (χ2v) is 7.65. The molecule has 2 aromatic rings. The van der Waals surface area contributed by atoms with Crippen molar-refractivity contribution < 1.29 is 0 Å². The topological polar surface area (TPSA) is 52.6 Å². The minimum atomic E-state index is 0. The summed E-state index contributed by atoms with van der Waals surface area (Å²) in [5, 5.41) is 10.2. The maximum atomic E-state index is 4.80. The van der Waals surface area contributed by atoms with Gasteiger partial charge in [0.25, 0.3) is 0 Å². The molecule has 0 unspecified atom stereocenters. The zero-order valence-corrected chi connectivity index (χ0v) is 20.1. The maximum Gasteiger partial charge on any atom is 0.191 e. The minimum absolute atomic E-state index is 0. The van der Waals surface area contributed by atoms with E-state index in [0.717, 1.165) is 45.0 Å². The van der Waals surface area contributed by atoms with E-state index < -0.39 is 0 Å². The average molecular weight is 513 g/mol. The molecule has 154 valence electrons. The zero-order valence-electron chi connectivity index (χ0n) is 16.9. The molecule has 0 spiro atoms. The van der Waals surface area contributed by atoms with E-state index in [4.69, 9.17) is 9.98 Å².